The molecular weight excluding hydrogens is 244 g/mol. The highest BCUT2D eigenvalue weighted by atomic mass is 16.2. The monoisotopic (exact) mass is 260 g/mol. The van der Waals surface area contributed by atoms with Crippen LogP contribution in [0.15, 0.2) is 24.5 Å². The first-order valence-corrected chi connectivity index (χ1v) is 5.94. The lowest BCUT2D eigenvalue weighted by Crippen LogP contribution is -2.44. The van der Waals surface area contributed by atoms with Gasteiger partial charge in [-0.3, -0.25) is 9.59 Å². The molecule has 0 aliphatic heterocycles. The molecule has 2 aromatic rings. The number of benzene rings is 1. The third-order valence-corrected chi connectivity index (χ3v) is 2.84. The Hall–Kier alpha value is -2.37. The van der Waals surface area contributed by atoms with Gasteiger partial charge in [0.05, 0.1) is 17.4 Å². The average molecular weight is 260 g/mol. The van der Waals surface area contributed by atoms with Crippen molar-refractivity contribution in [3.63, 3.8) is 0 Å². The van der Waals surface area contributed by atoms with E-state index in [9.17, 15) is 9.59 Å². The molecule has 2 N–H and O–H groups in total. The lowest BCUT2D eigenvalue weighted by molar-refractivity contribution is -0.130. The van der Waals surface area contributed by atoms with E-state index in [1.54, 1.807) is 45.5 Å². The van der Waals surface area contributed by atoms with Crippen LogP contribution in [0, 0.1) is 0 Å². The van der Waals surface area contributed by atoms with Gasteiger partial charge < -0.3 is 15.2 Å². The average Bonchev–Trinajstić information content (AvgIpc) is 2.84. The Kier molecular flexibility index (Phi) is 3.50. The summed E-state index contributed by atoms with van der Waals surface area (Å²) < 4.78 is 0. The Labute approximate surface area is 110 Å². The number of H-pyrrole nitrogens is 1. The van der Waals surface area contributed by atoms with Gasteiger partial charge in [-0.15, -0.1) is 0 Å². The van der Waals surface area contributed by atoms with Crippen molar-refractivity contribution in [3.8, 4) is 0 Å². The number of aromatic nitrogens is 2. The summed E-state index contributed by atoms with van der Waals surface area (Å²) in [5, 5.41) is 2.67. The maximum Gasteiger partial charge on any atom is 0.251 e. The van der Waals surface area contributed by atoms with Crippen LogP contribution in [-0.2, 0) is 4.79 Å². The van der Waals surface area contributed by atoms with Crippen LogP contribution in [0.25, 0.3) is 11.0 Å². The van der Waals surface area contributed by atoms with Crippen molar-refractivity contribution < 1.29 is 9.59 Å². The number of aromatic amines is 1. The molecule has 100 valence electrons. The number of fused-ring (bicyclic) bond motifs is 1. The molecule has 2 amide bonds. The van der Waals surface area contributed by atoms with Crippen LogP contribution < -0.4 is 5.32 Å². The van der Waals surface area contributed by atoms with Gasteiger partial charge in [0.1, 0.15) is 6.04 Å². The minimum absolute atomic E-state index is 0.143. The van der Waals surface area contributed by atoms with Gasteiger partial charge in [-0.05, 0) is 25.1 Å². The Morgan fingerprint density at radius 3 is 2.79 bits per heavy atom. The molecule has 0 bridgehead atoms. The van der Waals surface area contributed by atoms with Crippen LogP contribution in [0.5, 0.6) is 0 Å². The fourth-order valence-electron chi connectivity index (χ4n) is 1.81. The van der Waals surface area contributed by atoms with Crippen molar-refractivity contribution in [3.05, 3.63) is 30.1 Å². The van der Waals surface area contributed by atoms with Gasteiger partial charge in [0.2, 0.25) is 5.91 Å². The number of nitrogens with one attached hydrogen (secondary N) is 2. The van der Waals surface area contributed by atoms with Gasteiger partial charge in [0, 0.05) is 19.7 Å². The lowest BCUT2D eigenvalue weighted by atomic mass is 10.1. The number of likely N-dealkylation sites (N-methyl/N-ethyl adjacent to an activating group) is 1. The van der Waals surface area contributed by atoms with Gasteiger partial charge in [-0.25, -0.2) is 4.98 Å². The number of rotatable bonds is 3. The molecule has 0 saturated carbocycles. The fraction of sp³-hybridized carbons (Fsp3) is 0.308. The Morgan fingerprint density at radius 2 is 2.11 bits per heavy atom. The number of hydrogen-bond donors (Lipinski definition) is 2. The molecule has 0 aliphatic carbocycles. The first-order chi connectivity index (χ1) is 8.99. The van der Waals surface area contributed by atoms with E-state index < -0.39 is 6.04 Å². The molecule has 0 saturated heterocycles. The van der Waals surface area contributed by atoms with Crippen LogP contribution in [-0.4, -0.2) is 46.8 Å². The number of amides is 2. The van der Waals surface area contributed by atoms with Gasteiger partial charge in [0.25, 0.3) is 5.91 Å². The molecule has 6 heteroatoms. The van der Waals surface area contributed by atoms with Gasteiger partial charge in [-0.1, -0.05) is 0 Å². The van der Waals surface area contributed by atoms with Crippen LogP contribution in [0.2, 0.25) is 0 Å². The molecule has 0 unspecified atom stereocenters. The van der Waals surface area contributed by atoms with Crippen LogP contribution in [0.1, 0.15) is 17.3 Å². The Bertz CT molecular complexity index is 618. The maximum atomic E-state index is 12.0. The second-order valence-corrected chi connectivity index (χ2v) is 4.56. The van der Waals surface area contributed by atoms with Crippen molar-refractivity contribution >= 4 is 22.8 Å². The molecule has 6 nitrogen and oxygen atoms in total. The maximum absolute atomic E-state index is 12.0. The standard InChI is InChI=1S/C13H16N4O2/c1-8(13(19)17(2)3)16-12(18)9-4-5-10-11(6-9)15-7-14-10/h4-8H,1-3H3,(H,14,15)(H,16,18)/t8-/m0/s1. The Morgan fingerprint density at radius 1 is 1.37 bits per heavy atom. The molecule has 1 aromatic carbocycles. The van der Waals surface area contributed by atoms with Crippen molar-refractivity contribution in [2.45, 2.75) is 13.0 Å². The highest BCUT2D eigenvalue weighted by molar-refractivity contribution is 5.99. The molecular formula is C13H16N4O2. The van der Waals surface area contributed by atoms with E-state index in [0.29, 0.717) is 5.56 Å². The summed E-state index contributed by atoms with van der Waals surface area (Å²) in [6.07, 6.45) is 1.57. The van der Waals surface area contributed by atoms with E-state index in [0.717, 1.165) is 11.0 Å². The summed E-state index contributed by atoms with van der Waals surface area (Å²) in [6, 6.07) is 4.61. The highest BCUT2D eigenvalue weighted by Gasteiger charge is 2.18. The summed E-state index contributed by atoms with van der Waals surface area (Å²) in [5.41, 5.74) is 2.09. The summed E-state index contributed by atoms with van der Waals surface area (Å²) in [6.45, 7) is 1.66. The summed E-state index contributed by atoms with van der Waals surface area (Å²) >= 11 is 0. The molecule has 1 atom stereocenters. The third-order valence-electron chi connectivity index (χ3n) is 2.84. The number of carbonyl (C=O) groups excluding carboxylic acids is 2. The molecule has 19 heavy (non-hydrogen) atoms. The predicted octanol–water partition coefficient (Wildman–Crippen LogP) is 0.769. The molecule has 1 heterocycles. The minimum atomic E-state index is -0.556. The molecule has 0 fully saturated rings. The van der Waals surface area contributed by atoms with E-state index in [1.165, 1.54) is 4.90 Å². The van der Waals surface area contributed by atoms with Crippen molar-refractivity contribution in [1.82, 2.24) is 20.2 Å². The number of hydrogen-bond acceptors (Lipinski definition) is 3. The second kappa shape index (κ2) is 5.09. The molecule has 0 radical (unpaired) electrons. The smallest absolute Gasteiger partial charge is 0.251 e. The van der Waals surface area contributed by atoms with Gasteiger partial charge >= 0.3 is 0 Å². The zero-order valence-corrected chi connectivity index (χ0v) is 11.1. The topological polar surface area (TPSA) is 78.1 Å². The van der Waals surface area contributed by atoms with Gasteiger partial charge in [-0.2, -0.15) is 0 Å². The van der Waals surface area contributed by atoms with Crippen molar-refractivity contribution in [2.24, 2.45) is 0 Å². The third kappa shape index (κ3) is 2.73. The second-order valence-electron chi connectivity index (χ2n) is 4.56. The van der Waals surface area contributed by atoms with Crippen molar-refractivity contribution in [1.29, 1.82) is 0 Å². The van der Waals surface area contributed by atoms with E-state index in [-0.39, 0.29) is 11.8 Å². The normalized spacial score (nSPS) is 12.2. The lowest BCUT2D eigenvalue weighted by Gasteiger charge is -2.17. The first kappa shape index (κ1) is 13.1. The molecule has 1 aromatic heterocycles. The Balaban J connectivity index is 2.13. The van der Waals surface area contributed by atoms with E-state index in [1.807, 2.05) is 0 Å². The number of carbonyl (C=O) groups is 2. The SMILES string of the molecule is C[C@H](NC(=O)c1ccc2nc[nH]c2c1)C(=O)N(C)C. The summed E-state index contributed by atoms with van der Waals surface area (Å²) in [5.74, 6) is -0.421. The van der Waals surface area contributed by atoms with Crippen LogP contribution >= 0.6 is 0 Å². The fourth-order valence-corrected chi connectivity index (χ4v) is 1.81. The number of nitrogens with zero attached hydrogens (tertiary/aromatic N) is 2. The van der Waals surface area contributed by atoms with E-state index in [4.69, 9.17) is 0 Å². The van der Waals surface area contributed by atoms with Crippen LogP contribution in [0.3, 0.4) is 0 Å². The number of imidazole rings is 1. The highest BCUT2D eigenvalue weighted by Crippen LogP contribution is 2.11. The van der Waals surface area contributed by atoms with E-state index >= 15 is 0 Å². The minimum Gasteiger partial charge on any atom is -0.347 e. The predicted molar refractivity (Wildman–Crippen MR) is 71.7 cm³/mol. The quantitative estimate of drug-likeness (QED) is 0.855. The molecule has 0 spiro atoms. The first-order valence-electron chi connectivity index (χ1n) is 5.94. The zero-order chi connectivity index (χ0) is 14.0. The molecule has 2 rings (SSSR count). The zero-order valence-electron chi connectivity index (χ0n) is 11.1. The summed E-state index contributed by atoms with van der Waals surface area (Å²) in [7, 11) is 3.31. The largest absolute Gasteiger partial charge is 0.347 e. The van der Waals surface area contributed by atoms with Gasteiger partial charge in [0.15, 0.2) is 0 Å². The molecule has 0 aliphatic rings. The van der Waals surface area contributed by atoms with Crippen LogP contribution in [0.4, 0.5) is 0 Å². The van der Waals surface area contributed by atoms with E-state index in [2.05, 4.69) is 15.3 Å². The van der Waals surface area contributed by atoms with Crippen molar-refractivity contribution in [2.75, 3.05) is 14.1 Å². The summed E-state index contributed by atoms with van der Waals surface area (Å²) in [4.78, 5) is 32.2.